The molecular formula is C19H16N4O4. The number of Topliss-reactive ketones (excluding diaryl/α,β-unsaturated/α-hetero) is 2. The number of aromatic nitrogens is 3. The largest absolute Gasteiger partial charge is 0.486 e. The molecule has 1 N–H and O–H groups in total. The van der Waals surface area contributed by atoms with E-state index < -0.39 is 5.91 Å². The van der Waals surface area contributed by atoms with E-state index in [2.05, 4.69) is 15.4 Å². The number of nitrogens with one attached hydrogen (secondary N) is 1. The fraction of sp³-hybridized carbons (Fsp3) is 0.211. The summed E-state index contributed by atoms with van der Waals surface area (Å²) in [5, 5.41) is 6.83. The van der Waals surface area contributed by atoms with Crippen LogP contribution in [0.3, 0.4) is 0 Å². The maximum Gasteiger partial charge on any atom is 0.270 e. The smallest absolute Gasteiger partial charge is 0.270 e. The third-order valence-corrected chi connectivity index (χ3v) is 4.31. The Morgan fingerprint density at radius 3 is 2.93 bits per heavy atom. The fourth-order valence-corrected chi connectivity index (χ4v) is 3.00. The van der Waals surface area contributed by atoms with Crippen LogP contribution in [0, 0.1) is 0 Å². The highest BCUT2D eigenvalue weighted by Crippen LogP contribution is 2.24. The molecule has 0 unspecified atom stereocenters. The predicted molar refractivity (Wildman–Crippen MR) is 94.8 cm³/mol. The molecule has 0 spiro atoms. The third kappa shape index (κ3) is 3.29. The Morgan fingerprint density at radius 1 is 1.26 bits per heavy atom. The van der Waals surface area contributed by atoms with Crippen molar-refractivity contribution in [3.63, 3.8) is 0 Å². The molecule has 0 saturated carbocycles. The average Bonchev–Trinajstić information content (AvgIpc) is 3.13. The molecule has 136 valence electrons. The molecule has 8 nitrogen and oxygen atoms in total. The minimum Gasteiger partial charge on any atom is -0.486 e. The lowest BCUT2D eigenvalue weighted by atomic mass is 10.0. The van der Waals surface area contributed by atoms with Crippen LogP contribution in [0.5, 0.6) is 5.75 Å². The van der Waals surface area contributed by atoms with Gasteiger partial charge in [-0.05, 0) is 23.8 Å². The van der Waals surface area contributed by atoms with E-state index in [0.29, 0.717) is 23.5 Å². The third-order valence-electron chi connectivity index (χ3n) is 4.31. The van der Waals surface area contributed by atoms with Crippen LogP contribution in [0.4, 0.5) is 0 Å². The summed E-state index contributed by atoms with van der Waals surface area (Å²) in [6.45, 7) is 1.78. The first-order valence-corrected chi connectivity index (χ1v) is 8.41. The van der Waals surface area contributed by atoms with Gasteiger partial charge in [0.2, 0.25) is 0 Å². The van der Waals surface area contributed by atoms with E-state index in [9.17, 15) is 14.4 Å². The van der Waals surface area contributed by atoms with Crippen molar-refractivity contribution >= 4 is 23.1 Å². The molecular weight excluding hydrogens is 348 g/mol. The van der Waals surface area contributed by atoms with Gasteiger partial charge < -0.3 is 10.1 Å². The number of hydrogen-bond donors (Lipinski definition) is 1. The lowest BCUT2D eigenvalue weighted by molar-refractivity contribution is -0.121. The highest BCUT2D eigenvalue weighted by Gasteiger charge is 2.18. The molecule has 1 amide bonds. The second kappa shape index (κ2) is 6.64. The number of ether oxygens (including phenoxy) is 1. The number of nitrogens with zero attached hydrogens (tertiary/aromatic N) is 3. The first-order chi connectivity index (χ1) is 13.0. The Balaban J connectivity index is 1.53. The zero-order chi connectivity index (χ0) is 19.0. The van der Waals surface area contributed by atoms with Crippen LogP contribution in [0.1, 0.15) is 39.0 Å². The van der Waals surface area contributed by atoms with E-state index in [1.165, 1.54) is 23.7 Å². The van der Waals surface area contributed by atoms with Crippen LogP contribution in [0.25, 0.3) is 5.65 Å². The standard InChI is InChI=1S/C19H16N4O4/c1-11(24)16-8-15(22-18-4-5-21-23(16)18)19(26)20-9-12-2-3-17-13(6-12)7-14(25)10-27-17/h2-6,8H,7,9-10H2,1H3,(H,20,26). The summed E-state index contributed by atoms with van der Waals surface area (Å²) in [4.78, 5) is 40.1. The van der Waals surface area contributed by atoms with E-state index in [0.717, 1.165) is 11.1 Å². The molecule has 0 bridgehead atoms. The van der Waals surface area contributed by atoms with Crippen molar-refractivity contribution in [2.75, 3.05) is 6.61 Å². The summed E-state index contributed by atoms with van der Waals surface area (Å²) >= 11 is 0. The van der Waals surface area contributed by atoms with Crippen LogP contribution in [0.15, 0.2) is 36.5 Å². The number of fused-ring (bicyclic) bond motifs is 2. The highest BCUT2D eigenvalue weighted by molar-refractivity contribution is 5.98. The quantitative estimate of drug-likeness (QED) is 0.702. The van der Waals surface area contributed by atoms with E-state index in [1.54, 1.807) is 12.1 Å². The maximum atomic E-state index is 12.5. The number of rotatable bonds is 4. The van der Waals surface area contributed by atoms with Crippen LogP contribution in [-0.2, 0) is 17.8 Å². The molecule has 0 fully saturated rings. The monoisotopic (exact) mass is 364 g/mol. The molecule has 2 aromatic heterocycles. The Kier molecular flexibility index (Phi) is 4.15. The van der Waals surface area contributed by atoms with Crippen molar-refractivity contribution in [1.82, 2.24) is 19.9 Å². The molecule has 8 heteroatoms. The second-order valence-corrected chi connectivity index (χ2v) is 6.31. The summed E-state index contributed by atoms with van der Waals surface area (Å²) in [5.41, 5.74) is 2.52. The van der Waals surface area contributed by atoms with Crippen LogP contribution in [-0.4, -0.2) is 38.7 Å². The van der Waals surface area contributed by atoms with Gasteiger partial charge in [-0.3, -0.25) is 14.4 Å². The number of benzene rings is 1. The van der Waals surface area contributed by atoms with Gasteiger partial charge in [0.25, 0.3) is 5.91 Å². The van der Waals surface area contributed by atoms with Gasteiger partial charge in [0.05, 0.1) is 6.20 Å². The molecule has 27 heavy (non-hydrogen) atoms. The zero-order valence-corrected chi connectivity index (χ0v) is 14.6. The summed E-state index contributed by atoms with van der Waals surface area (Å²) in [7, 11) is 0. The van der Waals surface area contributed by atoms with Gasteiger partial charge >= 0.3 is 0 Å². The molecule has 0 aliphatic carbocycles. The van der Waals surface area contributed by atoms with Gasteiger partial charge in [0, 0.05) is 31.5 Å². The molecule has 1 aliphatic heterocycles. The molecule has 4 rings (SSSR count). The SMILES string of the molecule is CC(=O)c1cc(C(=O)NCc2ccc3c(c2)CC(=O)CO3)nc2ccnn12. The van der Waals surface area contributed by atoms with Crippen molar-refractivity contribution in [3.05, 3.63) is 59.0 Å². The lowest BCUT2D eigenvalue weighted by Gasteiger charge is -2.17. The number of carbonyl (C=O) groups is 3. The van der Waals surface area contributed by atoms with Crippen LogP contribution in [0.2, 0.25) is 0 Å². The molecule has 0 atom stereocenters. The van der Waals surface area contributed by atoms with Crippen molar-refractivity contribution in [1.29, 1.82) is 0 Å². The summed E-state index contributed by atoms with van der Waals surface area (Å²) in [5.74, 6) is 0.119. The van der Waals surface area contributed by atoms with E-state index in [-0.39, 0.29) is 30.4 Å². The lowest BCUT2D eigenvalue weighted by Crippen LogP contribution is -2.25. The van der Waals surface area contributed by atoms with Crippen LogP contribution < -0.4 is 10.1 Å². The predicted octanol–water partition coefficient (Wildman–Crippen LogP) is 1.37. The molecule has 1 aliphatic rings. The number of carbonyl (C=O) groups excluding carboxylic acids is 3. The number of ketones is 2. The molecule has 0 saturated heterocycles. The minimum atomic E-state index is -0.397. The molecule has 3 aromatic rings. The molecule has 1 aromatic carbocycles. The Morgan fingerprint density at radius 2 is 2.11 bits per heavy atom. The minimum absolute atomic E-state index is 0.0266. The van der Waals surface area contributed by atoms with Crippen molar-refractivity contribution in [3.8, 4) is 5.75 Å². The second-order valence-electron chi connectivity index (χ2n) is 6.31. The van der Waals surface area contributed by atoms with Crippen molar-refractivity contribution in [2.24, 2.45) is 0 Å². The zero-order valence-electron chi connectivity index (χ0n) is 14.6. The van der Waals surface area contributed by atoms with Crippen molar-refractivity contribution in [2.45, 2.75) is 19.9 Å². The van der Waals surface area contributed by atoms with Crippen LogP contribution >= 0.6 is 0 Å². The van der Waals surface area contributed by atoms with Gasteiger partial charge in [-0.15, -0.1) is 0 Å². The van der Waals surface area contributed by atoms with Gasteiger partial charge in [-0.2, -0.15) is 5.10 Å². The summed E-state index contributed by atoms with van der Waals surface area (Å²) in [6, 6.07) is 8.54. The normalized spacial score (nSPS) is 13.1. The maximum absolute atomic E-state index is 12.5. The first-order valence-electron chi connectivity index (χ1n) is 8.41. The van der Waals surface area contributed by atoms with Gasteiger partial charge in [0.1, 0.15) is 23.7 Å². The Labute approximate surface area is 154 Å². The fourth-order valence-electron chi connectivity index (χ4n) is 3.00. The van der Waals surface area contributed by atoms with E-state index in [4.69, 9.17) is 4.74 Å². The number of hydrogen-bond acceptors (Lipinski definition) is 6. The highest BCUT2D eigenvalue weighted by atomic mass is 16.5. The van der Waals surface area contributed by atoms with E-state index >= 15 is 0 Å². The van der Waals surface area contributed by atoms with Gasteiger partial charge in [-0.1, -0.05) is 6.07 Å². The van der Waals surface area contributed by atoms with Gasteiger partial charge in [-0.25, -0.2) is 9.50 Å². The van der Waals surface area contributed by atoms with Gasteiger partial charge in [0.15, 0.2) is 17.2 Å². The summed E-state index contributed by atoms with van der Waals surface area (Å²) in [6.07, 6.45) is 1.85. The molecule has 0 radical (unpaired) electrons. The van der Waals surface area contributed by atoms with E-state index in [1.807, 2.05) is 12.1 Å². The Hall–Kier alpha value is -3.55. The van der Waals surface area contributed by atoms with Crippen molar-refractivity contribution < 1.29 is 19.1 Å². The Bertz CT molecular complexity index is 1090. The summed E-state index contributed by atoms with van der Waals surface area (Å²) < 4.78 is 6.77. The average molecular weight is 364 g/mol. The first kappa shape index (κ1) is 16.9. The molecule has 3 heterocycles. The number of amides is 1. The topological polar surface area (TPSA) is 103 Å².